The maximum Gasteiger partial charge on any atom is 0.140 e. The first-order chi connectivity index (χ1) is 7.49. The highest BCUT2D eigenvalue weighted by atomic mass is 79.9. The Morgan fingerprint density at radius 2 is 2.06 bits per heavy atom. The minimum absolute atomic E-state index is 0.423. The Morgan fingerprint density at radius 1 is 1.38 bits per heavy atom. The number of hydrogen-bond acceptors (Lipinski definition) is 2. The average molecular weight is 306 g/mol. The quantitative estimate of drug-likeness (QED) is 0.850. The molecule has 0 spiro atoms. The summed E-state index contributed by atoms with van der Waals surface area (Å²) in [6.07, 6.45) is 4.03. The standard InChI is InChI=1S/C12H18BrClN2/c1-8(2)4-5-9(3)16-12-11(13)6-10(14)7-15-12/h6-9H,4-5H2,1-3H3,(H,15,16). The summed E-state index contributed by atoms with van der Waals surface area (Å²) in [7, 11) is 0. The molecule has 0 aromatic carbocycles. The Hall–Kier alpha value is -0.280. The predicted molar refractivity (Wildman–Crippen MR) is 74.1 cm³/mol. The van der Waals surface area contributed by atoms with E-state index in [1.807, 2.05) is 6.07 Å². The second-order valence-corrected chi connectivity index (χ2v) is 5.79. The van der Waals surface area contributed by atoms with E-state index in [2.05, 4.69) is 47.0 Å². The van der Waals surface area contributed by atoms with Crippen molar-refractivity contribution in [3.05, 3.63) is 21.8 Å². The van der Waals surface area contributed by atoms with E-state index in [9.17, 15) is 0 Å². The van der Waals surface area contributed by atoms with Gasteiger partial charge in [-0.3, -0.25) is 0 Å². The number of rotatable bonds is 5. The summed E-state index contributed by atoms with van der Waals surface area (Å²) in [5, 5.41) is 4.02. The fraction of sp³-hybridized carbons (Fsp3) is 0.583. The van der Waals surface area contributed by atoms with Gasteiger partial charge in [-0.05, 0) is 47.7 Å². The summed E-state index contributed by atoms with van der Waals surface area (Å²) in [5.74, 6) is 1.60. The van der Waals surface area contributed by atoms with Crippen molar-refractivity contribution in [2.24, 2.45) is 5.92 Å². The summed E-state index contributed by atoms with van der Waals surface area (Å²) < 4.78 is 0.913. The lowest BCUT2D eigenvalue weighted by Crippen LogP contribution is -2.17. The first-order valence-corrected chi connectivity index (χ1v) is 6.73. The van der Waals surface area contributed by atoms with Gasteiger partial charge in [0.2, 0.25) is 0 Å². The molecule has 0 fully saturated rings. The van der Waals surface area contributed by atoms with Crippen molar-refractivity contribution in [3.63, 3.8) is 0 Å². The lowest BCUT2D eigenvalue weighted by atomic mass is 10.0. The molecule has 1 N–H and O–H groups in total. The lowest BCUT2D eigenvalue weighted by molar-refractivity contribution is 0.527. The lowest BCUT2D eigenvalue weighted by Gasteiger charge is -2.16. The van der Waals surface area contributed by atoms with Gasteiger partial charge < -0.3 is 5.32 Å². The Kier molecular flexibility index (Phi) is 5.56. The molecule has 90 valence electrons. The van der Waals surface area contributed by atoms with E-state index in [4.69, 9.17) is 11.6 Å². The van der Waals surface area contributed by atoms with Gasteiger partial charge in [-0.2, -0.15) is 0 Å². The van der Waals surface area contributed by atoms with Gasteiger partial charge in [-0.15, -0.1) is 0 Å². The largest absolute Gasteiger partial charge is 0.367 e. The first-order valence-electron chi connectivity index (χ1n) is 5.56. The van der Waals surface area contributed by atoms with E-state index in [0.29, 0.717) is 11.1 Å². The van der Waals surface area contributed by atoms with Crippen LogP contribution in [0.3, 0.4) is 0 Å². The molecule has 0 aliphatic rings. The molecule has 0 radical (unpaired) electrons. The summed E-state index contributed by atoms with van der Waals surface area (Å²) in [6, 6.07) is 2.28. The Labute approximate surface area is 111 Å². The molecule has 0 saturated carbocycles. The van der Waals surface area contributed by atoms with E-state index in [1.54, 1.807) is 6.20 Å². The molecule has 1 aromatic rings. The zero-order valence-electron chi connectivity index (χ0n) is 9.93. The van der Waals surface area contributed by atoms with Crippen LogP contribution < -0.4 is 5.32 Å². The second-order valence-electron chi connectivity index (χ2n) is 4.50. The number of nitrogens with zero attached hydrogens (tertiary/aromatic N) is 1. The molecular weight excluding hydrogens is 288 g/mol. The maximum absolute atomic E-state index is 5.84. The van der Waals surface area contributed by atoms with Crippen LogP contribution in [0, 0.1) is 5.92 Å². The van der Waals surface area contributed by atoms with Gasteiger partial charge >= 0.3 is 0 Å². The number of halogens is 2. The minimum Gasteiger partial charge on any atom is -0.367 e. The summed E-state index contributed by atoms with van der Waals surface area (Å²) >= 11 is 9.28. The highest BCUT2D eigenvalue weighted by Gasteiger charge is 2.07. The molecule has 0 aliphatic carbocycles. The smallest absolute Gasteiger partial charge is 0.140 e. The van der Waals surface area contributed by atoms with Crippen LogP contribution in [0.4, 0.5) is 5.82 Å². The van der Waals surface area contributed by atoms with Crippen molar-refractivity contribution in [2.45, 2.75) is 39.7 Å². The molecule has 0 saturated heterocycles. The molecule has 0 amide bonds. The fourth-order valence-corrected chi connectivity index (χ4v) is 2.16. The number of aromatic nitrogens is 1. The molecule has 2 nitrogen and oxygen atoms in total. The Morgan fingerprint density at radius 3 is 2.62 bits per heavy atom. The number of pyridine rings is 1. The zero-order valence-corrected chi connectivity index (χ0v) is 12.3. The highest BCUT2D eigenvalue weighted by Crippen LogP contribution is 2.24. The van der Waals surface area contributed by atoms with Gasteiger partial charge in [-0.25, -0.2) is 4.98 Å². The van der Waals surface area contributed by atoms with Gasteiger partial charge in [0.15, 0.2) is 0 Å². The molecule has 16 heavy (non-hydrogen) atoms. The van der Waals surface area contributed by atoms with E-state index in [0.717, 1.165) is 22.6 Å². The van der Waals surface area contributed by atoms with Gasteiger partial charge in [0.25, 0.3) is 0 Å². The first kappa shape index (κ1) is 13.8. The topological polar surface area (TPSA) is 24.9 Å². The third kappa shape index (κ3) is 4.71. The van der Waals surface area contributed by atoms with Gasteiger partial charge in [0.05, 0.1) is 9.50 Å². The van der Waals surface area contributed by atoms with Crippen LogP contribution >= 0.6 is 27.5 Å². The van der Waals surface area contributed by atoms with Crippen molar-refractivity contribution in [1.82, 2.24) is 4.98 Å². The minimum atomic E-state index is 0.423. The Balaban J connectivity index is 2.52. The van der Waals surface area contributed by atoms with Crippen molar-refractivity contribution in [1.29, 1.82) is 0 Å². The van der Waals surface area contributed by atoms with Gasteiger partial charge in [0.1, 0.15) is 5.82 Å². The van der Waals surface area contributed by atoms with Crippen LogP contribution in [-0.4, -0.2) is 11.0 Å². The van der Waals surface area contributed by atoms with Gasteiger partial charge in [0, 0.05) is 12.2 Å². The zero-order chi connectivity index (χ0) is 12.1. The van der Waals surface area contributed by atoms with Crippen molar-refractivity contribution >= 4 is 33.3 Å². The molecule has 1 rings (SSSR count). The molecule has 1 atom stereocenters. The van der Waals surface area contributed by atoms with Crippen molar-refractivity contribution in [3.8, 4) is 0 Å². The summed E-state index contributed by atoms with van der Waals surface area (Å²) in [5.41, 5.74) is 0. The van der Waals surface area contributed by atoms with Gasteiger partial charge in [-0.1, -0.05) is 25.4 Å². The average Bonchev–Trinajstić information content (AvgIpc) is 2.19. The monoisotopic (exact) mass is 304 g/mol. The predicted octanol–water partition coefficient (Wildman–Crippen LogP) is 4.73. The summed E-state index contributed by atoms with van der Waals surface area (Å²) in [6.45, 7) is 6.65. The maximum atomic E-state index is 5.84. The third-order valence-electron chi connectivity index (χ3n) is 2.37. The van der Waals surface area contributed by atoms with Crippen LogP contribution in [0.2, 0.25) is 5.02 Å². The molecule has 0 aliphatic heterocycles. The molecule has 1 aromatic heterocycles. The highest BCUT2D eigenvalue weighted by molar-refractivity contribution is 9.10. The normalized spacial score (nSPS) is 12.9. The molecular formula is C12H18BrClN2. The van der Waals surface area contributed by atoms with E-state index in [1.165, 1.54) is 6.42 Å². The van der Waals surface area contributed by atoms with E-state index in [-0.39, 0.29) is 0 Å². The fourth-order valence-electron chi connectivity index (χ4n) is 1.41. The number of hydrogen-bond donors (Lipinski definition) is 1. The van der Waals surface area contributed by atoms with E-state index < -0.39 is 0 Å². The number of anilines is 1. The van der Waals surface area contributed by atoms with Crippen molar-refractivity contribution in [2.75, 3.05) is 5.32 Å². The van der Waals surface area contributed by atoms with E-state index >= 15 is 0 Å². The Bertz CT molecular complexity index is 342. The number of nitrogens with one attached hydrogen (secondary N) is 1. The SMILES string of the molecule is CC(C)CCC(C)Nc1ncc(Cl)cc1Br. The van der Waals surface area contributed by atoms with Crippen LogP contribution in [0.1, 0.15) is 33.6 Å². The van der Waals surface area contributed by atoms with Crippen LogP contribution in [0.15, 0.2) is 16.7 Å². The van der Waals surface area contributed by atoms with Crippen LogP contribution in [-0.2, 0) is 0 Å². The summed E-state index contributed by atoms with van der Waals surface area (Å²) in [4.78, 5) is 4.25. The molecule has 1 heterocycles. The molecule has 1 unspecified atom stereocenters. The van der Waals surface area contributed by atoms with Crippen LogP contribution in [0.5, 0.6) is 0 Å². The second kappa shape index (κ2) is 6.45. The van der Waals surface area contributed by atoms with Crippen LogP contribution in [0.25, 0.3) is 0 Å². The van der Waals surface area contributed by atoms with Crippen molar-refractivity contribution < 1.29 is 0 Å². The molecule has 4 heteroatoms. The molecule has 0 bridgehead atoms. The third-order valence-corrected chi connectivity index (χ3v) is 3.18.